The van der Waals surface area contributed by atoms with Crippen LogP contribution >= 0.6 is 24.0 Å². The summed E-state index contributed by atoms with van der Waals surface area (Å²) in [6.07, 6.45) is 5.42. The molecule has 1 aromatic heterocycles. The lowest BCUT2D eigenvalue weighted by molar-refractivity contribution is 0.0168. The normalized spacial score (nSPS) is 15.9. The smallest absolute Gasteiger partial charge is 0.191 e. The van der Waals surface area contributed by atoms with Crippen LogP contribution in [0.2, 0.25) is 0 Å². The zero-order valence-corrected chi connectivity index (χ0v) is 22.2. The van der Waals surface area contributed by atoms with Gasteiger partial charge in [0.25, 0.3) is 0 Å². The summed E-state index contributed by atoms with van der Waals surface area (Å²) in [5.41, 5.74) is 4.62. The van der Waals surface area contributed by atoms with Crippen LogP contribution in [0.3, 0.4) is 0 Å². The van der Waals surface area contributed by atoms with Gasteiger partial charge in [0, 0.05) is 32.8 Å². The molecule has 3 aromatic rings. The molecule has 2 heterocycles. The molecule has 1 aliphatic heterocycles. The molecule has 0 amide bonds. The van der Waals surface area contributed by atoms with E-state index in [4.69, 9.17) is 14.5 Å². The largest absolute Gasteiger partial charge is 0.379 e. The SMILES string of the molecule is CCNC(=NCc1ccc(Cn2cnc3ccccc32)cc1)NCCCOCC1CCCO1.I. The zero-order valence-electron chi connectivity index (χ0n) is 19.9. The molecule has 0 bridgehead atoms. The molecule has 2 aromatic carbocycles. The van der Waals surface area contributed by atoms with Gasteiger partial charge in [-0.1, -0.05) is 36.4 Å². The Morgan fingerprint density at radius 3 is 2.76 bits per heavy atom. The Bertz CT molecular complexity index is 1020. The summed E-state index contributed by atoms with van der Waals surface area (Å²) in [7, 11) is 0. The number of para-hydroxylation sites is 2. The van der Waals surface area contributed by atoms with Crippen LogP contribution in [0.1, 0.15) is 37.3 Å². The maximum atomic E-state index is 5.73. The van der Waals surface area contributed by atoms with E-state index in [-0.39, 0.29) is 24.0 Å². The number of guanidine groups is 1. The highest BCUT2D eigenvalue weighted by Crippen LogP contribution is 2.15. The number of nitrogens with one attached hydrogen (secondary N) is 2. The Morgan fingerprint density at radius 1 is 1.15 bits per heavy atom. The number of aromatic nitrogens is 2. The predicted octanol–water partition coefficient (Wildman–Crippen LogP) is 4.34. The molecular weight excluding hydrogens is 541 g/mol. The van der Waals surface area contributed by atoms with Gasteiger partial charge in [-0.25, -0.2) is 9.98 Å². The number of benzene rings is 2. The van der Waals surface area contributed by atoms with Crippen molar-refractivity contribution in [3.05, 3.63) is 66.0 Å². The van der Waals surface area contributed by atoms with E-state index in [0.717, 1.165) is 69.1 Å². The first-order valence-corrected chi connectivity index (χ1v) is 12.0. The third-order valence-corrected chi connectivity index (χ3v) is 5.75. The summed E-state index contributed by atoms with van der Waals surface area (Å²) in [6.45, 7) is 7.51. The van der Waals surface area contributed by atoms with Crippen molar-refractivity contribution in [3.63, 3.8) is 0 Å². The molecule has 2 N–H and O–H groups in total. The fraction of sp³-hybridized carbons (Fsp3) is 0.462. The van der Waals surface area contributed by atoms with Crippen LogP contribution in [0.15, 0.2) is 59.9 Å². The summed E-state index contributed by atoms with van der Waals surface area (Å²) in [4.78, 5) is 9.20. The van der Waals surface area contributed by atoms with Crippen LogP contribution in [-0.2, 0) is 22.6 Å². The van der Waals surface area contributed by atoms with Crippen molar-refractivity contribution in [3.8, 4) is 0 Å². The lowest BCUT2D eigenvalue weighted by Crippen LogP contribution is -2.38. The van der Waals surface area contributed by atoms with Crippen molar-refractivity contribution in [2.45, 2.75) is 45.4 Å². The first kappa shape index (κ1) is 26.4. The number of ether oxygens (including phenoxy) is 2. The molecule has 184 valence electrons. The summed E-state index contributed by atoms with van der Waals surface area (Å²) in [6, 6.07) is 16.9. The highest BCUT2D eigenvalue weighted by atomic mass is 127. The Morgan fingerprint density at radius 2 is 1.97 bits per heavy atom. The molecule has 7 nitrogen and oxygen atoms in total. The Labute approximate surface area is 219 Å². The van der Waals surface area contributed by atoms with Crippen molar-refractivity contribution in [2.75, 3.05) is 32.9 Å². The third-order valence-electron chi connectivity index (χ3n) is 5.75. The zero-order chi connectivity index (χ0) is 22.7. The first-order valence-electron chi connectivity index (χ1n) is 12.0. The lowest BCUT2D eigenvalue weighted by Gasteiger charge is -2.13. The summed E-state index contributed by atoms with van der Waals surface area (Å²) in [5, 5.41) is 6.71. The van der Waals surface area contributed by atoms with Crippen LogP contribution in [-0.4, -0.2) is 54.5 Å². The Kier molecular flexibility index (Phi) is 11.1. The Balaban J connectivity index is 0.00000324. The third kappa shape index (κ3) is 7.95. The number of hydrogen-bond donors (Lipinski definition) is 2. The minimum atomic E-state index is 0. The van der Waals surface area contributed by atoms with E-state index in [0.29, 0.717) is 19.3 Å². The van der Waals surface area contributed by atoms with Gasteiger partial charge < -0.3 is 24.7 Å². The maximum Gasteiger partial charge on any atom is 0.191 e. The van der Waals surface area contributed by atoms with E-state index < -0.39 is 0 Å². The topological polar surface area (TPSA) is 72.7 Å². The van der Waals surface area contributed by atoms with Gasteiger partial charge in [-0.3, -0.25) is 0 Å². The number of nitrogens with zero attached hydrogens (tertiary/aromatic N) is 3. The molecule has 1 atom stereocenters. The van der Waals surface area contributed by atoms with Gasteiger partial charge in [0.05, 0.1) is 36.6 Å². The van der Waals surface area contributed by atoms with Gasteiger partial charge in [-0.2, -0.15) is 0 Å². The molecule has 1 fully saturated rings. The minimum Gasteiger partial charge on any atom is -0.379 e. The quantitative estimate of drug-likeness (QED) is 0.154. The molecule has 8 heteroatoms. The van der Waals surface area contributed by atoms with Crippen molar-refractivity contribution < 1.29 is 9.47 Å². The van der Waals surface area contributed by atoms with Crippen LogP contribution in [0.25, 0.3) is 11.0 Å². The molecule has 0 spiro atoms. The maximum absolute atomic E-state index is 5.73. The van der Waals surface area contributed by atoms with Crippen molar-refractivity contribution in [2.24, 2.45) is 4.99 Å². The Hall–Kier alpha value is -2.17. The summed E-state index contributed by atoms with van der Waals surface area (Å²) >= 11 is 0. The van der Waals surface area contributed by atoms with Crippen molar-refractivity contribution in [1.82, 2.24) is 20.2 Å². The lowest BCUT2D eigenvalue weighted by atomic mass is 10.1. The van der Waals surface area contributed by atoms with E-state index in [1.54, 1.807) is 0 Å². The monoisotopic (exact) mass is 577 g/mol. The highest BCUT2D eigenvalue weighted by Gasteiger charge is 2.14. The van der Waals surface area contributed by atoms with Gasteiger partial charge in [0.15, 0.2) is 5.96 Å². The van der Waals surface area contributed by atoms with E-state index in [9.17, 15) is 0 Å². The minimum absolute atomic E-state index is 0. The summed E-state index contributed by atoms with van der Waals surface area (Å²) in [5.74, 6) is 0.839. The number of halogens is 1. The first-order chi connectivity index (χ1) is 16.3. The summed E-state index contributed by atoms with van der Waals surface area (Å²) < 4.78 is 13.5. The predicted molar refractivity (Wildman–Crippen MR) is 148 cm³/mol. The fourth-order valence-corrected chi connectivity index (χ4v) is 3.97. The molecular formula is C26H36IN5O2. The number of hydrogen-bond acceptors (Lipinski definition) is 4. The van der Waals surface area contributed by atoms with Crippen LogP contribution in [0, 0.1) is 0 Å². The van der Waals surface area contributed by atoms with Crippen LogP contribution in [0.4, 0.5) is 0 Å². The molecule has 0 radical (unpaired) electrons. The van der Waals surface area contributed by atoms with Gasteiger partial charge in [-0.05, 0) is 49.4 Å². The number of fused-ring (bicyclic) bond motifs is 1. The molecule has 0 aliphatic carbocycles. The van der Waals surface area contributed by atoms with E-state index in [1.165, 1.54) is 11.1 Å². The van der Waals surface area contributed by atoms with Crippen molar-refractivity contribution in [1.29, 1.82) is 0 Å². The van der Waals surface area contributed by atoms with Gasteiger partial charge >= 0.3 is 0 Å². The molecule has 1 saturated heterocycles. The number of rotatable bonds is 11. The average Bonchev–Trinajstić information content (AvgIpc) is 3.51. The number of imidazole rings is 1. The van der Waals surface area contributed by atoms with Gasteiger partial charge in [-0.15, -0.1) is 24.0 Å². The van der Waals surface area contributed by atoms with Gasteiger partial charge in [0.1, 0.15) is 0 Å². The molecule has 1 aliphatic rings. The highest BCUT2D eigenvalue weighted by molar-refractivity contribution is 14.0. The molecule has 0 saturated carbocycles. The second kappa shape index (κ2) is 14.3. The number of aliphatic imine (C=N–C) groups is 1. The van der Waals surface area contributed by atoms with Crippen LogP contribution in [0.5, 0.6) is 0 Å². The molecule has 1 unspecified atom stereocenters. The van der Waals surface area contributed by atoms with E-state index in [2.05, 4.69) is 63.5 Å². The van der Waals surface area contributed by atoms with E-state index >= 15 is 0 Å². The average molecular weight is 578 g/mol. The second-order valence-corrected chi connectivity index (χ2v) is 8.36. The fourth-order valence-electron chi connectivity index (χ4n) is 3.97. The second-order valence-electron chi connectivity index (χ2n) is 8.36. The van der Waals surface area contributed by atoms with Crippen molar-refractivity contribution >= 4 is 41.0 Å². The van der Waals surface area contributed by atoms with Crippen LogP contribution < -0.4 is 10.6 Å². The molecule has 34 heavy (non-hydrogen) atoms. The standard InChI is InChI=1S/C26H35N5O2.HI/c1-2-27-26(28-14-6-15-32-19-23-7-5-16-33-23)29-17-21-10-12-22(13-11-21)18-31-20-30-24-8-3-4-9-25(24)31;/h3-4,8-13,20,23H,2,5-7,14-19H2,1H3,(H2,27,28,29);1H. The molecule has 4 rings (SSSR count). The van der Waals surface area contributed by atoms with E-state index in [1.807, 2.05) is 18.5 Å². The van der Waals surface area contributed by atoms with Gasteiger partial charge in [0.2, 0.25) is 0 Å².